The lowest BCUT2D eigenvalue weighted by atomic mass is 10.2. The Labute approximate surface area is 109 Å². The zero-order valence-corrected chi connectivity index (χ0v) is 10.5. The van der Waals surface area contributed by atoms with Crippen LogP contribution in [0.25, 0.3) is 10.9 Å². The summed E-state index contributed by atoms with van der Waals surface area (Å²) in [6.07, 6.45) is 0. The largest absolute Gasteiger partial charge is 0.378 e. The van der Waals surface area contributed by atoms with E-state index in [-0.39, 0.29) is 11.0 Å². The molecule has 3 nitrogen and oxygen atoms in total. The Morgan fingerprint density at radius 3 is 2.72 bits per heavy atom. The molecule has 1 aliphatic rings. The van der Waals surface area contributed by atoms with Gasteiger partial charge in [-0.25, -0.2) is 9.37 Å². The molecule has 0 atom stereocenters. The summed E-state index contributed by atoms with van der Waals surface area (Å²) < 4.78 is 19.8. The Kier molecular flexibility index (Phi) is 3.06. The maximum absolute atomic E-state index is 14.5. The van der Waals surface area contributed by atoms with Gasteiger partial charge in [-0.05, 0) is 12.1 Å². The minimum Gasteiger partial charge on any atom is -0.378 e. The lowest BCUT2D eigenvalue weighted by Crippen LogP contribution is -2.37. The van der Waals surface area contributed by atoms with Gasteiger partial charge in [-0.1, -0.05) is 23.7 Å². The number of aromatic nitrogens is 1. The average molecular weight is 267 g/mol. The van der Waals surface area contributed by atoms with Crippen molar-refractivity contribution in [3.05, 3.63) is 35.2 Å². The molecule has 3 rings (SSSR count). The molecule has 5 heteroatoms. The Morgan fingerprint density at radius 1 is 1.22 bits per heavy atom. The highest BCUT2D eigenvalue weighted by molar-refractivity contribution is 6.32. The molecule has 94 valence electrons. The van der Waals surface area contributed by atoms with Crippen LogP contribution in [0.1, 0.15) is 0 Å². The molecular weight excluding hydrogens is 255 g/mol. The summed E-state index contributed by atoms with van der Waals surface area (Å²) in [4.78, 5) is 6.14. The first-order valence-corrected chi connectivity index (χ1v) is 6.21. The molecule has 2 aromatic rings. The van der Waals surface area contributed by atoms with Gasteiger partial charge in [0.25, 0.3) is 0 Å². The zero-order chi connectivity index (χ0) is 12.5. The van der Waals surface area contributed by atoms with Crippen molar-refractivity contribution < 1.29 is 9.13 Å². The van der Waals surface area contributed by atoms with E-state index < -0.39 is 0 Å². The van der Waals surface area contributed by atoms with Crippen molar-refractivity contribution in [2.75, 3.05) is 31.2 Å². The number of pyridine rings is 1. The smallest absolute Gasteiger partial charge is 0.159 e. The highest BCUT2D eigenvalue weighted by atomic mass is 35.5. The normalized spacial score (nSPS) is 16.2. The fourth-order valence-corrected chi connectivity index (χ4v) is 2.48. The van der Waals surface area contributed by atoms with Crippen LogP contribution >= 0.6 is 11.6 Å². The standard InChI is InChI=1S/C13H12ClFN2O/c14-13-12(17-5-7-18-8-6-17)11(15)9-3-1-2-4-10(9)16-13/h1-4H,5-8H2. The molecule has 18 heavy (non-hydrogen) atoms. The molecule has 1 aromatic heterocycles. The van der Waals surface area contributed by atoms with Gasteiger partial charge in [-0.15, -0.1) is 0 Å². The second kappa shape index (κ2) is 4.71. The van der Waals surface area contributed by atoms with Crippen LogP contribution in [0, 0.1) is 5.82 Å². The van der Waals surface area contributed by atoms with E-state index in [0.717, 1.165) is 0 Å². The predicted octanol–water partition coefficient (Wildman–Crippen LogP) is 2.86. The summed E-state index contributed by atoms with van der Waals surface area (Å²) in [5.74, 6) is -0.299. The van der Waals surface area contributed by atoms with Gasteiger partial charge in [0.1, 0.15) is 5.69 Å². The number of rotatable bonds is 1. The number of hydrogen-bond acceptors (Lipinski definition) is 3. The van der Waals surface area contributed by atoms with Crippen molar-refractivity contribution in [2.24, 2.45) is 0 Å². The molecular formula is C13H12ClFN2O. The van der Waals surface area contributed by atoms with Gasteiger partial charge >= 0.3 is 0 Å². The van der Waals surface area contributed by atoms with Crippen molar-refractivity contribution in [3.63, 3.8) is 0 Å². The molecule has 0 saturated carbocycles. The first kappa shape index (κ1) is 11.7. The number of nitrogens with zero attached hydrogens (tertiary/aromatic N) is 2. The van der Waals surface area contributed by atoms with Crippen LogP contribution < -0.4 is 4.90 Å². The lowest BCUT2D eigenvalue weighted by molar-refractivity contribution is 0.122. The number of fused-ring (bicyclic) bond motifs is 1. The van der Waals surface area contributed by atoms with Gasteiger partial charge in [-0.2, -0.15) is 0 Å². The third-order valence-corrected chi connectivity index (χ3v) is 3.35. The van der Waals surface area contributed by atoms with E-state index in [0.29, 0.717) is 42.9 Å². The fourth-order valence-electron chi connectivity index (χ4n) is 2.19. The number of hydrogen-bond donors (Lipinski definition) is 0. The van der Waals surface area contributed by atoms with Gasteiger partial charge in [0, 0.05) is 18.5 Å². The van der Waals surface area contributed by atoms with Crippen LogP contribution in [-0.4, -0.2) is 31.3 Å². The number of benzene rings is 1. The van der Waals surface area contributed by atoms with Crippen molar-refractivity contribution in [1.82, 2.24) is 4.98 Å². The highest BCUT2D eigenvalue weighted by Crippen LogP contribution is 2.32. The third kappa shape index (κ3) is 1.91. The minimum absolute atomic E-state index is 0.216. The van der Waals surface area contributed by atoms with Crippen LogP contribution in [0.2, 0.25) is 5.15 Å². The molecule has 0 spiro atoms. The van der Waals surface area contributed by atoms with E-state index in [2.05, 4.69) is 4.98 Å². The Balaban J connectivity index is 2.15. The summed E-state index contributed by atoms with van der Waals surface area (Å²) in [5.41, 5.74) is 0.968. The summed E-state index contributed by atoms with van der Waals surface area (Å²) in [6, 6.07) is 7.09. The van der Waals surface area contributed by atoms with Crippen molar-refractivity contribution in [3.8, 4) is 0 Å². The average Bonchev–Trinajstić information content (AvgIpc) is 2.40. The SMILES string of the molecule is Fc1c(N2CCOCC2)c(Cl)nc2ccccc12. The van der Waals surface area contributed by atoms with Gasteiger partial charge in [0.05, 0.1) is 18.7 Å². The van der Waals surface area contributed by atoms with E-state index in [9.17, 15) is 4.39 Å². The molecule has 1 saturated heterocycles. The number of halogens is 2. The van der Waals surface area contributed by atoms with E-state index in [1.165, 1.54) is 0 Å². The van der Waals surface area contributed by atoms with E-state index in [1.54, 1.807) is 18.2 Å². The van der Waals surface area contributed by atoms with Crippen LogP contribution in [0.4, 0.5) is 10.1 Å². The fraction of sp³-hybridized carbons (Fsp3) is 0.308. The molecule has 1 aliphatic heterocycles. The number of anilines is 1. The van der Waals surface area contributed by atoms with Gasteiger partial charge in [0.2, 0.25) is 0 Å². The predicted molar refractivity (Wildman–Crippen MR) is 69.7 cm³/mol. The molecule has 0 radical (unpaired) electrons. The molecule has 0 N–H and O–H groups in total. The van der Waals surface area contributed by atoms with E-state index >= 15 is 0 Å². The van der Waals surface area contributed by atoms with Crippen LogP contribution in [-0.2, 0) is 4.74 Å². The van der Waals surface area contributed by atoms with Gasteiger partial charge < -0.3 is 9.64 Å². The van der Waals surface area contributed by atoms with E-state index in [4.69, 9.17) is 16.3 Å². The lowest BCUT2D eigenvalue weighted by Gasteiger charge is -2.29. The molecule has 0 amide bonds. The maximum atomic E-state index is 14.5. The molecule has 0 bridgehead atoms. The van der Waals surface area contributed by atoms with Crippen LogP contribution in [0.3, 0.4) is 0 Å². The first-order valence-electron chi connectivity index (χ1n) is 5.84. The second-order valence-corrected chi connectivity index (χ2v) is 4.54. The topological polar surface area (TPSA) is 25.4 Å². The quantitative estimate of drug-likeness (QED) is 0.742. The summed E-state index contributed by atoms with van der Waals surface area (Å²) in [7, 11) is 0. The monoisotopic (exact) mass is 266 g/mol. The maximum Gasteiger partial charge on any atom is 0.159 e. The number of para-hydroxylation sites is 1. The van der Waals surface area contributed by atoms with Crippen molar-refractivity contribution in [1.29, 1.82) is 0 Å². The van der Waals surface area contributed by atoms with Crippen LogP contribution in [0.15, 0.2) is 24.3 Å². The molecule has 0 aliphatic carbocycles. The summed E-state index contributed by atoms with van der Waals surface area (Å²) >= 11 is 6.11. The molecule has 2 heterocycles. The Hall–Kier alpha value is -1.39. The second-order valence-electron chi connectivity index (χ2n) is 4.18. The number of morpholine rings is 1. The van der Waals surface area contributed by atoms with Crippen LogP contribution in [0.5, 0.6) is 0 Å². The number of ether oxygens (including phenoxy) is 1. The first-order chi connectivity index (χ1) is 8.77. The molecule has 1 fully saturated rings. The Bertz CT molecular complexity index is 584. The molecule has 1 aromatic carbocycles. The zero-order valence-electron chi connectivity index (χ0n) is 9.70. The van der Waals surface area contributed by atoms with Gasteiger partial charge in [0.15, 0.2) is 11.0 Å². The van der Waals surface area contributed by atoms with Crippen molar-refractivity contribution in [2.45, 2.75) is 0 Å². The third-order valence-electron chi connectivity index (χ3n) is 3.09. The summed E-state index contributed by atoms with van der Waals surface area (Å²) in [6.45, 7) is 2.44. The Morgan fingerprint density at radius 2 is 1.94 bits per heavy atom. The van der Waals surface area contributed by atoms with Crippen molar-refractivity contribution >= 4 is 28.2 Å². The highest BCUT2D eigenvalue weighted by Gasteiger charge is 2.21. The summed E-state index contributed by atoms with van der Waals surface area (Å²) in [5, 5.41) is 0.719. The minimum atomic E-state index is -0.299. The van der Waals surface area contributed by atoms with E-state index in [1.807, 2.05) is 11.0 Å². The molecule has 0 unspecified atom stereocenters. The van der Waals surface area contributed by atoms with Gasteiger partial charge in [-0.3, -0.25) is 0 Å².